The lowest BCUT2D eigenvalue weighted by molar-refractivity contribution is -0.171. The number of imidazole rings is 1. The summed E-state index contributed by atoms with van der Waals surface area (Å²) in [5.41, 5.74) is -1.29. The van der Waals surface area contributed by atoms with Gasteiger partial charge >= 0.3 is 30.2 Å². The summed E-state index contributed by atoms with van der Waals surface area (Å²) in [6, 6.07) is 1.90. The van der Waals surface area contributed by atoms with Gasteiger partial charge in [0.25, 0.3) is 0 Å². The van der Waals surface area contributed by atoms with Crippen molar-refractivity contribution in [3.05, 3.63) is 30.2 Å². The highest BCUT2D eigenvalue weighted by molar-refractivity contribution is 6.76. The first-order valence-electron chi connectivity index (χ1n) is 15.5. The molecule has 0 saturated heterocycles. The first-order valence-corrected chi connectivity index (χ1v) is 19.2. The van der Waals surface area contributed by atoms with Crippen molar-refractivity contribution in [2.75, 3.05) is 23.9 Å². The monoisotopic (exact) mass is 699 g/mol. The van der Waals surface area contributed by atoms with Gasteiger partial charge in [-0.15, -0.1) is 0 Å². The number of carbonyl (C=O) groups excluding carboxylic acids is 3. The summed E-state index contributed by atoms with van der Waals surface area (Å²) in [7, 11) is -0.367. The third-order valence-electron chi connectivity index (χ3n) is 7.28. The Morgan fingerprint density at radius 1 is 1.06 bits per heavy atom. The third-order valence-corrected chi connectivity index (χ3v) is 8.98. The Labute approximate surface area is 278 Å². The van der Waals surface area contributed by atoms with Gasteiger partial charge in [0.1, 0.15) is 24.2 Å². The molecule has 0 aliphatic carbocycles. The van der Waals surface area contributed by atoms with Crippen molar-refractivity contribution < 1.29 is 51.7 Å². The maximum atomic E-state index is 14.1. The maximum absolute atomic E-state index is 14.1. The number of carboxylic acid groups (broad SMARTS) is 1. The number of rotatable bonds is 8. The van der Waals surface area contributed by atoms with Crippen molar-refractivity contribution in [2.45, 2.75) is 103 Å². The van der Waals surface area contributed by atoms with Gasteiger partial charge in [-0.2, -0.15) is 13.2 Å². The second kappa shape index (κ2) is 15.4. The molecule has 2 atom stereocenters. The van der Waals surface area contributed by atoms with Gasteiger partial charge in [0, 0.05) is 32.1 Å². The molecule has 266 valence electrons. The van der Waals surface area contributed by atoms with Crippen molar-refractivity contribution in [1.29, 1.82) is 0 Å². The largest absolute Gasteiger partial charge is 0.480 e. The molecule has 1 aliphatic rings. The molecule has 13 nitrogen and oxygen atoms in total. The standard InChI is InChI=1S/C31H44F3N5O8Si/c1-30(2,3)47-29(44)37-21-10-8-9-11-23(26(40)41)39(27(42)31(32,33)34)24-16-19(35-28(43)45-4)12-13-20(24)22-17-38(25(21)36-22)18-46-14-15-48(5,6)7/h12-13,16-17,21,23H,8-11,14-15,18H2,1-7H3,(H,35,43)(H,37,44)(H,40,41)/t21-,23+/m0/s1. The molecule has 3 amide bonds. The number of aromatic nitrogens is 2. The first kappa shape index (κ1) is 38.3. The number of amides is 3. The summed E-state index contributed by atoms with van der Waals surface area (Å²) >= 11 is 0. The highest BCUT2D eigenvalue weighted by Crippen LogP contribution is 2.39. The molecule has 3 N–H and O–H groups in total. The van der Waals surface area contributed by atoms with Crippen molar-refractivity contribution in [3.63, 3.8) is 0 Å². The van der Waals surface area contributed by atoms with Gasteiger partial charge < -0.3 is 29.2 Å². The van der Waals surface area contributed by atoms with E-state index in [1.54, 1.807) is 25.3 Å². The Morgan fingerprint density at radius 2 is 1.73 bits per heavy atom. The summed E-state index contributed by atoms with van der Waals surface area (Å²) in [5.74, 6) is -3.75. The maximum Gasteiger partial charge on any atom is 0.471 e. The lowest BCUT2D eigenvalue weighted by Gasteiger charge is -2.32. The van der Waals surface area contributed by atoms with Crippen LogP contribution >= 0.6 is 0 Å². The fourth-order valence-corrected chi connectivity index (χ4v) is 5.75. The average Bonchev–Trinajstić information content (AvgIpc) is 3.37. The number of carbonyl (C=O) groups is 4. The molecule has 2 aromatic rings. The molecule has 1 aromatic carbocycles. The molecular weight excluding hydrogens is 655 g/mol. The summed E-state index contributed by atoms with van der Waals surface area (Å²) in [6.45, 7) is 12.1. The van der Waals surface area contributed by atoms with Crippen LogP contribution in [-0.4, -0.2) is 78.3 Å². The van der Waals surface area contributed by atoms with Crippen molar-refractivity contribution >= 4 is 43.5 Å². The summed E-state index contributed by atoms with van der Waals surface area (Å²) in [6.07, 6.45) is -5.41. The molecule has 0 saturated carbocycles. The van der Waals surface area contributed by atoms with E-state index in [0.29, 0.717) is 12.4 Å². The minimum Gasteiger partial charge on any atom is -0.480 e. The van der Waals surface area contributed by atoms with E-state index < -0.39 is 61.7 Å². The molecule has 0 radical (unpaired) electrons. The Hall–Kier alpha value is -4.12. The molecule has 3 rings (SSSR count). The quantitative estimate of drug-likeness (QED) is 0.206. The highest BCUT2D eigenvalue weighted by Gasteiger charge is 2.48. The zero-order chi connectivity index (χ0) is 36.0. The zero-order valence-corrected chi connectivity index (χ0v) is 29.2. The fraction of sp³-hybridized carbons (Fsp3) is 0.581. The van der Waals surface area contributed by atoms with E-state index in [-0.39, 0.29) is 54.3 Å². The number of anilines is 2. The van der Waals surface area contributed by atoms with Gasteiger partial charge in [-0.05, 0) is 57.9 Å². The number of fused-ring (bicyclic) bond motifs is 4. The van der Waals surface area contributed by atoms with Gasteiger partial charge in [0.2, 0.25) is 0 Å². The highest BCUT2D eigenvalue weighted by atomic mass is 28.3. The number of hydrogen-bond donors (Lipinski definition) is 3. The van der Waals surface area contributed by atoms with Gasteiger partial charge in [-0.3, -0.25) is 15.0 Å². The number of methoxy groups -OCH3 is 1. The third kappa shape index (κ3) is 10.7. The topological polar surface area (TPSA) is 161 Å². The number of alkyl carbamates (subject to hydrolysis) is 1. The van der Waals surface area contributed by atoms with Crippen LogP contribution in [0, 0.1) is 0 Å². The number of aliphatic carboxylic acids is 1. The average molecular weight is 700 g/mol. The minimum atomic E-state index is -5.44. The molecule has 48 heavy (non-hydrogen) atoms. The number of hydrogen-bond acceptors (Lipinski definition) is 8. The molecule has 0 unspecified atom stereocenters. The smallest absolute Gasteiger partial charge is 0.471 e. The summed E-state index contributed by atoms with van der Waals surface area (Å²) < 4.78 is 60.0. The normalized spacial score (nSPS) is 17.3. The van der Waals surface area contributed by atoms with Crippen LogP contribution in [0.2, 0.25) is 25.7 Å². The van der Waals surface area contributed by atoms with E-state index in [1.807, 2.05) is 0 Å². The van der Waals surface area contributed by atoms with E-state index in [4.69, 9.17) is 14.5 Å². The van der Waals surface area contributed by atoms with Crippen LogP contribution in [0.25, 0.3) is 11.3 Å². The van der Waals surface area contributed by atoms with Crippen LogP contribution in [0.15, 0.2) is 24.4 Å². The number of ether oxygens (including phenoxy) is 3. The number of carboxylic acids is 1. The summed E-state index contributed by atoms with van der Waals surface area (Å²) in [4.78, 5) is 55.3. The SMILES string of the molecule is COC(=O)Nc1ccc2c(c1)N(C(=O)C(F)(F)F)[C@@H](C(=O)O)CCCC[C@H](NC(=O)OC(C)(C)C)c1nc-2cn1COCC[Si](C)(C)C. The number of nitrogens with one attached hydrogen (secondary N) is 2. The number of halogens is 3. The van der Waals surface area contributed by atoms with Crippen LogP contribution < -0.4 is 15.5 Å². The van der Waals surface area contributed by atoms with Crippen molar-refractivity contribution in [3.8, 4) is 11.3 Å². The lowest BCUT2D eigenvalue weighted by Crippen LogP contribution is -2.51. The van der Waals surface area contributed by atoms with E-state index in [2.05, 4.69) is 35.0 Å². The van der Waals surface area contributed by atoms with Gasteiger partial charge in [-0.25, -0.2) is 19.4 Å². The second-order valence-electron chi connectivity index (χ2n) is 13.7. The second-order valence-corrected chi connectivity index (χ2v) is 19.3. The molecule has 17 heteroatoms. The van der Waals surface area contributed by atoms with Gasteiger partial charge in [0.05, 0.1) is 24.5 Å². The molecule has 0 spiro atoms. The predicted molar refractivity (Wildman–Crippen MR) is 173 cm³/mol. The van der Waals surface area contributed by atoms with E-state index in [9.17, 15) is 37.5 Å². The molecule has 2 bridgehead atoms. The molecular formula is C31H44F3N5O8Si. The predicted octanol–water partition coefficient (Wildman–Crippen LogP) is 6.53. The van der Waals surface area contributed by atoms with Crippen molar-refractivity contribution in [2.24, 2.45) is 0 Å². The van der Waals surface area contributed by atoms with Crippen LogP contribution in [0.4, 0.5) is 34.1 Å². The van der Waals surface area contributed by atoms with Crippen LogP contribution in [0.1, 0.15) is 58.3 Å². The Kier molecular flexibility index (Phi) is 12.3. The number of alkyl halides is 3. The van der Waals surface area contributed by atoms with E-state index in [0.717, 1.165) is 19.2 Å². The van der Waals surface area contributed by atoms with E-state index >= 15 is 0 Å². The minimum absolute atomic E-state index is 0.0143. The Morgan fingerprint density at radius 3 is 2.31 bits per heavy atom. The Balaban J connectivity index is 2.28. The lowest BCUT2D eigenvalue weighted by atomic mass is 10.00. The Bertz CT molecular complexity index is 1490. The zero-order valence-electron chi connectivity index (χ0n) is 28.2. The van der Waals surface area contributed by atoms with Crippen LogP contribution in [0.5, 0.6) is 0 Å². The number of nitrogens with zero attached hydrogens (tertiary/aromatic N) is 3. The molecule has 1 aromatic heterocycles. The van der Waals surface area contributed by atoms with Gasteiger partial charge in [0.15, 0.2) is 0 Å². The molecule has 2 heterocycles. The van der Waals surface area contributed by atoms with Gasteiger partial charge in [-0.1, -0.05) is 32.5 Å². The fourth-order valence-electron chi connectivity index (χ4n) is 5.00. The molecule has 1 aliphatic heterocycles. The van der Waals surface area contributed by atoms with Crippen molar-refractivity contribution in [1.82, 2.24) is 14.9 Å². The van der Waals surface area contributed by atoms with Crippen LogP contribution in [-0.2, 0) is 30.5 Å². The summed E-state index contributed by atoms with van der Waals surface area (Å²) in [5, 5.41) is 15.3. The van der Waals surface area contributed by atoms with E-state index in [1.165, 1.54) is 18.3 Å². The number of benzene rings is 1. The van der Waals surface area contributed by atoms with Crippen LogP contribution in [0.3, 0.4) is 0 Å². The molecule has 0 fully saturated rings. The first-order chi connectivity index (χ1) is 22.2.